The Morgan fingerprint density at radius 3 is 2.03 bits per heavy atom. The van der Waals surface area contributed by atoms with Gasteiger partial charge in [-0.1, -0.05) is 13.3 Å². The first-order chi connectivity index (χ1) is 18.5. The molecule has 3 aromatic rings. The van der Waals surface area contributed by atoms with Crippen LogP contribution >= 0.6 is 0 Å². The van der Waals surface area contributed by atoms with Crippen LogP contribution < -0.4 is 4.74 Å². The normalized spacial score (nSPS) is 18.1. The zero-order valence-corrected chi connectivity index (χ0v) is 20.4. The minimum absolute atomic E-state index is 0.0524. The van der Waals surface area contributed by atoms with Crippen molar-refractivity contribution < 1.29 is 49.3 Å². The summed E-state index contributed by atoms with van der Waals surface area (Å²) in [4.78, 5) is 0. The number of rotatable bonds is 8. The first-order valence-electron chi connectivity index (χ1n) is 11.9. The molecule has 39 heavy (non-hydrogen) atoms. The maximum Gasteiger partial charge on any atom is 0.419 e. The van der Waals surface area contributed by atoms with Gasteiger partial charge < -0.3 is 14.2 Å². The van der Waals surface area contributed by atoms with Gasteiger partial charge in [-0.15, -0.1) is 0 Å². The van der Waals surface area contributed by atoms with Crippen molar-refractivity contribution in [1.82, 2.24) is 0 Å². The van der Waals surface area contributed by atoms with Crippen LogP contribution in [0.25, 0.3) is 17.2 Å². The Labute approximate surface area is 218 Å². The van der Waals surface area contributed by atoms with Gasteiger partial charge in [-0.25, -0.2) is 26.3 Å². The van der Waals surface area contributed by atoms with E-state index in [1.54, 1.807) is 0 Å². The average molecular weight is 558 g/mol. The summed E-state index contributed by atoms with van der Waals surface area (Å²) in [6, 6.07) is 5.21. The molecule has 0 N–H and O–H groups in total. The number of alkyl halides is 2. The number of hydrogen-bond donors (Lipinski definition) is 0. The minimum atomic E-state index is -4.14. The van der Waals surface area contributed by atoms with Crippen molar-refractivity contribution in [2.75, 3.05) is 13.2 Å². The minimum Gasteiger partial charge on any atom is -0.429 e. The number of halogens is 8. The van der Waals surface area contributed by atoms with Crippen LogP contribution in [-0.4, -0.2) is 19.3 Å². The zero-order valence-electron chi connectivity index (χ0n) is 20.4. The van der Waals surface area contributed by atoms with Gasteiger partial charge in [-0.05, 0) is 54.5 Å². The third-order valence-corrected chi connectivity index (χ3v) is 5.97. The fourth-order valence-corrected chi connectivity index (χ4v) is 4.09. The number of ether oxygens (including phenoxy) is 3. The predicted molar refractivity (Wildman–Crippen MR) is 126 cm³/mol. The first-order valence-corrected chi connectivity index (χ1v) is 11.9. The lowest BCUT2D eigenvalue weighted by atomic mass is 10.0. The Morgan fingerprint density at radius 2 is 1.46 bits per heavy atom. The Bertz CT molecular complexity index is 1320. The summed E-state index contributed by atoms with van der Waals surface area (Å²) in [5, 5.41) is 0. The predicted octanol–water partition coefficient (Wildman–Crippen LogP) is 8.33. The number of benzene rings is 3. The highest BCUT2D eigenvalue weighted by Gasteiger charge is 2.29. The van der Waals surface area contributed by atoms with Crippen LogP contribution in [0.15, 0.2) is 48.5 Å². The van der Waals surface area contributed by atoms with E-state index in [4.69, 9.17) is 9.47 Å². The summed E-state index contributed by atoms with van der Waals surface area (Å²) in [5.74, 6) is -8.88. The fourth-order valence-electron chi connectivity index (χ4n) is 4.09. The second kappa shape index (κ2) is 11.7. The lowest BCUT2D eigenvalue weighted by Crippen LogP contribution is -2.27. The molecule has 1 aliphatic rings. The lowest BCUT2D eigenvalue weighted by molar-refractivity contribution is -0.206. The van der Waals surface area contributed by atoms with Crippen molar-refractivity contribution in [1.29, 1.82) is 0 Å². The highest BCUT2D eigenvalue weighted by molar-refractivity contribution is 5.65. The SMILES string of the molecule is CCCC1COC(c2cc(F)c(/C=C/C(F)(F)Oc3ccc(-c4cc(F)c(F)c(F)c4)c(F)c3)c(F)c2)OC1. The topological polar surface area (TPSA) is 27.7 Å². The maximum absolute atomic E-state index is 14.6. The highest BCUT2D eigenvalue weighted by Crippen LogP contribution is 2.33. The zero-order chi connectivity index (χ0) is 28.3. The standard InChI is InChI=1S/C28H22F8O3/c1-2-3-15-13-37-27(38-14-15)17-10-21(29)20(22(30)11-17)6-7-28(35,36)39-18-4-5-19(23(31)12-18)16-8-24(32)26(34)25(33)9-16/h4-12,15,27H,2-3,13-14H2,1H3/b7-6+. The van der Waals surface area contributed by atoms with Gasteiger partial charge in [-0.2, -0.15) is 8.78 Å². The van der Waals surface area contributed by atoms with Crippen molar-refractivity contribution in [3.8, 4) is 16.9 Å². The lowest BCUT2D eigenvalue weighted by Gasteiger charge is -2.29. The van der Waals surface area contributed by atoms with Crippen LogP contribution in [0, 0.1) is 40.8 Å². The summed E-state index contributed by atoms with van der Waals surface area (Å²) in [7, 11) is 0. The van der Waals surface area contributed by atoms with Crippen LogP contribution in [0.2, 0.25) is 0 Å². The molecule has 0 amide bonds. The smallest absolute Gasteiger partial charge is 0.419 e. The van der Waals surface area contributed by atoms with Crippen molar-refractivity contribution in [2.24, 2.45) is 5.92 Å². The van der Waals surface area contributed by atoms with E-state index < -0.39 is 64.2 Å². The molecule has 1 saturated heterocycles. The highest BCUT2D eigenvalue weighted by atomic mass is 19.3. The molecular formula is C28H22F8O3. The van der Waals surface area contributed by atoms with Gasteiger partial charge in [0.05, 0.1) is 13.2 Å². The van der Waals surface area contributed by atoms with Crippen LogP contribution in [0.3, 0.4) is 0 Å². The Morgan fingerprint density at radius 1 is 0.846 bits per heavy atom. The van der Waals surface area contributed by atoms with E-state index in [1.165, 1.54) is 0 Å². The molecule has 0 aromatic heterocycles. The van der Waals surface area contributed by atoms with Gasteiger partial charge >= 0.3 is 6.11 Å². The fraction of sp³-hybridized carbons (Fsp3) is 0.286. The van der Waals surface area contributed by atoms with Gasteiger partial charge in [-0.3, -0.25) is 0 Å². The maximum atomic E-state index is 14.6. The molecule has 1 aliphatic heterocycles. The van der Waals surface area contributed by atoms with E-state index >= 15 is 0 Å². The number of hydrogen-bond acceptors (Lipinski definition) is 3. The average Bonchev–Trinajstić information content (AvgIpc) is 2.87. The monoisotopic (exact) mass is 558 g/mol. The summed E-state index contributed by atoms with van der Waals surface area (Å²) in [6.45, 7) is 2.71. The van der Waals surface area contributed by atoms with E-state index in [0.29, 0.717) is 37.5 Å². The second-order valence-corrected chi connectivity index (χ2v) is 8.94. The third-order valence-electron chi connectivity index (χ3n) is 5.97. The Hall–Kier alpha value is -3.44. The summed E-state index contributed by atoms with van der Waals surface area (Å²) >= 11 is 0. The van der Waals surface area contributed by atoms with Crippen LogP contribution in [0.4, 0.5) is 35.1 Å². The molecule has 208 valence electrons. The molecule has 3 nitrogen and oxygen atoms in total. The van der Waals surface area contributed by atoms with E-state index in [1.807, 2.05) is 6.92 Å². The Balaban J connectivity index is 1.46. The van der Waals surface area contributed by atoms with Crippen molar-refractivity contribution in [2.45, 2.75) is 32.2 Å². The molecule has 0 saturated carbocycles. The van der Waals surface area contributed by atoms with Crippen molar-refractivity contribution >= 4 is 6.08 Å². The molecule has 0 radical (unpaired) electrons. The van der Waals surface area contributed by atoms with Gasteiger partial charge in [0.15, 0.2) is 23.7 Å². The van der Waals surface area contributed by atoms with Gasteiger partial charge in [0.1, 0.15) is 23.2 Å². The summed E-state index contributed by atoms with van der Waals surface area (Å²) in [5.41, 5.74) is -1.50. The van der Waals surface area contributed by atoms with Crippen LogP contribution in [-0.2, 0) is 9.47 Å². The second-order valence-electron chi connectivity index (χ2n) is 8.94. The van der Waals surface area contributed by atoms with Gasteiger partial charge in [0.25, 0.3) is 0 Å². The van der Waals surface area contributed by atoms with Crippen LogP contribution in [0.5, 0.6) is 5.75 Å². The summed E-state index contributed by atoms with van der Waals surface area (Å²) < 4.78 is 128. The third kappa shape index (κ3) is 6.77. The molecule has 0 atom stereocenters. The molecule has 0 unspecified atom stereocenters. The van der Waals surface area contributed by atoms with Gasteiger partial charge in [0, 0.05) is 34.8 Å². The molecule has 3 aromatic carbocycles. The molecule has 1 heterocycles. The van der Waals surface area contributed by atoms with E-state index in [9.17, 15) is 35.1 Å². The largest absolute Gasteiger partial charge is 0.429 e. The van der Waals surface area contributed by atoms with E-state index in [0.717, 1.165) is 37.1 Å². The Kier molecular flexibility index (Phi) is 8.60. The quantitative estimate of drug-likeness (QED) is 0.206. The van der Waals surface area contributed by atoms with Gasteiger partial charge in [0.2, 0.25) is 0 Å². The van der Waals surface area contributed by atoms with Crippen molar-refractivity contribution in [3.05, 3.63) is 94.6 Å². The molecular weight excluding hydrogens is 536 g/mol. The molecule has 11 heteroatoms. The molecule has 4 rings (SSSR count). The van der Waals surface area contributed by atoms with E-state index in [-0.39, 0.29) is 23.1 Å². The molecule has 0 spiro atoms. The first kappa shape index (κ1) is 28.6. The molecule has 1 fully saturated rings. The van der Waals surface area contributed by atoms with Crippen molar-refractivity contribution in [3.63, 3.8) is 0 Å². The summed E-state index contributed by atoms with van der Waals surface area (Å²) in [6.07, 6.45) is -2.77. The van der Waals surface area contributed by atoms with Crippen LogP contribution in [0.1, 0.15) is 37.2 Å². The van der Waals surface area contributed by atoms with E-state index in [2.05, 4.69) is 4.74 Å². The molecule has 0 aliphatic carbocycles. The molecule has 0 bridgehead atoms.